The first-order valence-corrected chi connectivity index (χ1v) is 5.07. The van der Waals surface area contributed by atoms with Crippen LogP contribution in [0.5, 0.6) is 0 Å². The summed E-state index contributed by atoms with van der Waals surface area (Å²) < 4.78 is 0. The van der Waals surface area contributed by atoms with Gasteiger partial charge in [0.1, 0.15) is 0 Å². The molecule has 0 aliphatic heterocycles. The molecule has 0 bridgehead atoms. The van der Waals surface area contributed by atoms with Crippen molar-refractivity contribution in [3.05, 3.63) is 21.9 Å². The summed E-state index contributed by atoms with van der Waals surface area (Å²) in [5.74, 6) is 0. The molecular weight excluding hydrogens is 170 g/mol. The summed E-state index contributed by atoms with van der Waals surface area (Å²) in [4.78, 5) is 1.40. The van der Waals surface area contributed by atoms with E-state index in [9.17, 15) is 0 Å². The lowest BCUT2D eigenvalue weighted by Crippen LogP contribution is -2.10. The van der Waals surface area contributed by atoms with Gasteiger partial charge < -0.3 is 10.4 Å². The van der Waals surface area contributed by atoms with Gasteiger partial charge in [0.25, 0.3) is 0 Å². The standard InChI is InChI=1S/C9H15NOS/c1-10-5-2-9-8(3-6-11)4-7-12-9/h4,7,10-11H,2-3,5-6H2,1H3. The molecule has 1 rings (SSSR count). The van der Waals surface area contributed by atoms with Crippen molar-refractivity contribution in [2.24, 2.45) is 0 Å². The van der Waals surface area contributed by atoms with Gasteiger partial charge in [0.2, 0.25) is 0 Å². The molecule has 2 N–H and O–H groups in total. The summed E-state index contributed by atoms with van der Waals surface area (Å²) in [5, 5.41) is 14.0. The molecule has 1 aromatic rings. The van der Waals surface area contributed by atoms with Crippen molar-refractivity contribution < 1.29 is 5.11 Å². The topological polar surface area (TPSA) is 32.3 Å². The maximum Gasteiger partial charge on any atom is 0.0471 e. The van der Waals surface area contributed by atoms with Crippen LogP contribution in [0.1, 0.15) is 10.4 Å². The number of hydrogen-bond donors (Lipinski definition) is 2. The third-order valence-electron chi connectivity index (χ3n) is 1.82. The lowest BCUT2D eigenvalue weighted by molar-refractivity contribution is 0.299. The monoisotopic (exact) mass is 185 g/mol. The summed E-state index contributed by atoms with van der Waals surface area (Å²) in [6.45, 7) is 1.27. The highest BCUT2D eigenvalue weighted by Gasteiger charge is 2.02. The Morgan fingerprint density at radius 3 is 3.00 bits per heavy atom. The second kappa shape index (κ2) is 5.30. The van der Waals surface area contributed by atoms with E-state index in [4.69, 9.17) is 5.11 Å². The highest BCUT2D eigenvalue weighted by atomic mass is 32.1. The number of likely N-dealkylation sites (N-methyl/N-ethyl adjacent to an activating group) is 1. The molecule has 0 unspecified atom stereocenters. The van der Waals surface area contributed by atoms with Gasteiger partial charge in [0, 0.05) is 11.5 Å². The molecule has 0 aliphatic rings. The van der Waals surface area contributed by atoms with Crippen molar-refractivity contribution >= 4 is 11.3 Å². The van der Waals surface area contributed by atoms with Crippen molar-refractivity contribution in [1.29, 1.82) is 0 Å². The number of hydrogen-bond acceptors (Lipinski definition) is 3. The molecule has 12 heavy (non-hydrogen) atoms. The lowest BCUT2D eigenvalue weighted by atomic mass is 10.1. The minimum atomic E-state index is 0.253. The van der Waals surface area contributed by atoms with Crippen LogP contribution in [-0.4, -0.2) is 25.3 Å². The maximum atomic E-state index is 8.78. The van der Waals surface area contributed by atoms with Crippen LogP contribution in [0.15, 0.2) is 11.4 Å². The van der Waals surface area contributed by atoms with Crippen LogP contribution < -0.4 is 5.32 Å². The Kier molecular flexibility index (Phi) is 4.29. The van der Waals surface area contributed by atoms with Crippen LogP contribution in [0, 0.1) is 0 Å². The van der Waals surface area contributed by atoms with Crippen molar-refractivity contribution in [3.63, 3.8) is 0 Å². The van der Waals surface area contributed by atoms with E-state index in [-0.39, 0.29) is 6.61 Å². The molecule has 0 radical (unpaired) electrons. The predicted molar refractivity (Wildman–Crippen MR) is 52.7 cm³/mol. The van der Waals surface area contributed by atoms with E-state index in [0.29, 0.717) is 0 Å². The quantitative estimate of drug-likeness (QED) is 0.718. The van der Waals surface area contributed by atoms with Gasteiger partial charge in [0.15, 0.2) is 0 Å². The van der Waals surface area contributed by atoms with Crippen LogP contribution in [0.25, 0.3) is 0 Å². The van der Waals surface area contributed by atoms with E-state index < -0.39 is 0 Å². The van der Waals surface area contributed by atoms with Crippen LogP contribution >= 0.6 is 11.3 Å². The Morgan fingerprint density at radius 2 is 2.33 bits per heavy atom. The lowest BCUT2D eigenvalue weighted by Gasteiger charge is -2.00. The van der Waals surface area contributed by atoms with Crippen molar-refractivity contribution in [3.8, 4) is 0 Å². The third kappa shape index (κ3) is 2.59. The molecule has 1 heterocycles. The molecule has 0 atom stereocenters. The van der Waals surface area contributed by atoms with E-state index in [1.54, 1.807) is 11.3 Å². The summed E-state index contributed by atoms with van der Waals surface area (Å²) in [6, 6.07) is 2.10. The fraction of sp³-hybridized carbons (Fsp3) is 0.556. The molecule has 0 spiro atoms. The first kappa shape index (κ1) is 9.71. The van der Waals surface area contributed by atoms with Crippen LogP contribution in [0.4, 0.5) is 0 Å². The Bertz CT molecular complexity index is 222. The number of rotatable bonds is 5. The molecule has 0 aliphatic carbocycles. The first-order valence-electron chi connectivity index (χ1n) is 4.19. The molecule has 1 aromatic heterocycles. The van der Waals surface area contributed by atoms with E-state index in [1.165, 1.54) is 10.4 Å². The van der Waals surface area contributed by atoms with E-state index >= 15 is 0 Å². The minimum absolute atomic E-state index is 0.253. The fourth-order valence-corrected chi connectivity index (χ4v) is 2.11. The number of aliphatic hydroxyl groups excluding tert-OH is 1. The van der Waals surface area contributed by atoms with Crippen molar-refractivity contribution in [1.82, 2.24) is 5.32 Å². The van der Waals surface area contributed by atoms with Crippen LogP contribution in [0.3, 0.4) is 0 Å². The molecule has 3 heteroatoms. The van der Waals surface area contributed by atoms with Gasteiger partial charge in [0.05, 0.1) is 0 Å². The second-order valence-corrected chi connectivity index (χ2v) is 3.70. The predicted octanol–water partition coefficient (Wildman–Crippen LogP) is 1.04. The van der Waals surface area contributed by atoms with E-state index in [0.717, 1.165) is 19.4 Å². The first-order chi connectivity index (χ1) is 5.88. The molecular formula is C9H15NOS. The molecule has 2 nitrogen and oxygen atoms in total. The number of thiophene rings is 1. The number of nitrogens with one attached hydrogen (secondary N) is 1. The average Bonchev–Trinajstić information content (AvgIpc) is 2.50. The highest BCUT2D eigenvalue weighted by Crippen LogP contribution is 2.17. The molecule has 68 valence electrons. The largest absolute Gasteiger partial charge is 0.396 e. The van der Waals surface area contributed by atoms with Crippen molar-refractivity contribution in [2.75, 3.05) is 20.2 Å². The van der Waals surface area contributed by atoms with Gasteiger partial charge in [-0.15, -0.1) is 11.3 Å². The van der Waals surface area contributed by atoms with Gasteiger partial charge in [-0.2, -0.15) is 0 Å². The molecule has 0 amide bonds. The van der Waals surface area contributed by atoms with E-state index in [2.05, 4.69) is 16.8 Å². The molecule has 0 saturated carbocycles. The van der Waals surface area contributed by atoms with Gasteiger partial charge in [-0.05, 0) is 43.4 Å². The fourth-order valence-electron chi connectivity index (χ4n) is 1.17. The SMILES string of the molecule is CNCCc1sccc1CCO. The maximum absolute atomic E-state index is 8.78. The highest BCUT2D eigenvalue weighted by molar-refractivity contribution is 7.10. The normalized spacial score (nSPS) is 10.5. The molecule has 0 saturated heterocycles. The summed E-state index contributed by atoms with van der Waals surface area (Å²) in [7, 11) is 1.96. The molecule has 0 aromatic carbocycles. The Balaban J connectivity index is 2.51. The van der Waals surface area contributed by atoms with Crippen LogP contribution in [0.2, 0.25) is 0 Å². The van der Waals surface area contributed by atoms with Crippen LogP contribution in [-0.2, 0) is 12.8 Å². The van der Waals surface area contributed by atoms with Gasteiger partial charge in [-0.1, -0.05) is 0 Å². The van der Waals surface area contributed by atoms with Gasteiger partial charge in [-0.3, -0.25) is 0 Å². The van der Waals surface area contributed by atoms with Crippen molar-refractivity contribution in [2.45, 2.75) is 12.8 Å². The zero-order valence-electron chi connectivity index (χ0n) is 7.34. The van der Waals surface area contributed by atoms with E-state index in [1.807, 2.05) is 7.05 Å². The summed E-state index contributed by atoms with van der Waals surface area (Å²) >= 11 is 1.78. The number of aliphatic hydroxyl groups is 1. The minimum Gasteiger partial charge on any atom is -0.396 e. The molecule has 0 fully saturated rings. The smallest absolute Gasteiger partial charge is 0.0471 e. The third-order valence-corrected chi connectivity index (χ3v) is 2.84. The Hall–Kier alpha value is -0.380. The summed E-state index contributed by atoms with van der Waals surface area (Å²) in [5.41, 5.74) is 1.30. The zero-order chi connectivity index (χ0) is 8.81. The Morgan fingerprint density at radius 1 is 1.50 bits per heavy atom. The average molecular weight is 185 g/mol. The zero-order valence-corrected chi connectivity index (χ0v) is 8.16. The Labute approximate surface area is 77.2 Å². The summed E-state index contributed by atoms with van der Waals surface area (Å²) in [6.07, 6.45) is 1.87. The van der Waals surface area contributed by atoms with Gasteiger partial charge in [-0.25, -0.2) is 0 Å². The second-order valence-electron chi connectivity index (χ2n) is 2.70. The van der Waals surface area contributed by atoms with Gasteiger partial charge >= 0.3 is 0 Å².